The Morgan fingerprint density at radius 1 is 1.38 bits per heavy atom. The number of hydrogen-bond donors (Lipinski definition) is 1. The highest BCUT2D eigenvalue weighted by molar-refractivity contribution is 7.10. The largest absolute Gasteiger partial charge is 0.272 e. The van der Waals surface area contributed by atoms with Crippen LogP contribution in [0.15, 0.2) is 16.5 Å². The zero-order valence-electron chi connectivity index (χ0n) is 13.1. The lowest BCUT2D eigenvalue weighted by Crippen LogP contribution is -2.24. The molecule has 1 amide bonds. The predicted molar refractivity (Wildman–Crippen MR) is 87.9 cm³/mol. The maximum absolute atomic E-state index is 12.1. The van der Waals surface area contributed by atoms with Crippen LogP contribution in [-0.4, -0.2) is 11.6 Å². The van der Waals surface area contributed by atoms with Gasteiger partial charge in [-0.1, -0.05) is 20.3 Å². The molecule has 3 rings (SSSR count). The smallest absolute Gasteiger partial charge is 0.267 e. The maximum Gasteiger partial charge on any atom is 0.272 e. The third-order valence-electron chi connectivity index (χ3n) is 5.06. The van der Waals surface area contributed by atoms with E-state index in [1.54, 1.807) is 11.3 Å². The van der Waals surface area contributed by atoms with Gasteiger partial charge in [-0.2, -0.15) is 5.10 Å². The van der Waals surface area contributed by atoms with Gasteiger partial charge in [0, 0.05) is 21.9 Å². The molecule has 2 fully saturated rings. The number of thiophene rings is 1. The first-order chi connectivity index (χ1) is 10.0. The van der Waals surface area contributed by atoms with E-state index in [0.717, 1.165) is 23.1 Å². The van der Waals surface area contributed by atoms with Crippen molar-refractivity contribution in [3.8, 4) is 0 Å². The van der Waals surface area contributed by atoms with E-state index >= 15 is 0 Å². The van der Waals surface area contributed by atoms with Gasteiger partial charge in [-0.15, -0.1) is 11.3 Å². The first-order valence-electron chi connectivity index (χ1n) is 7.97. The quantitative estimate of drug-likeness (QED) is 0.649. The second-order valence-electron chi connectivity index (χ2n) is 6.87. The number of fused-ring (bicyclic) bond motifs is 2. The molecule has 3 unspecified atom stereocenters. The lowest BCUT2D eigenvalue weighted by Gasteiger charge is -2.21. The van der Waals surface area contributed by atoms with Gasteiger partial charge in [0.2, 0.25) is 0 Å². The predicted octanol–water partition coefficient (Wildman–Crippen LogP) is 4.41. The molecule has 1 aromatic heterocycles. The molecule has 3 nitrogen and oxygen atoms in total. The Morgan fingerprint density at radius 2 is 2.19 bits per heavy atom. The third kappa shape index (κ3) is 3.05. The lowest BCUT2D eigenvalue weighted by molar-refractivity contribution is 0.0955. The van der Waals surface area contributed by atoms with Gasteiger partial charge < -0.3 is 0 Å². The summed E-state index contributed by atoms with van der Waals surface area (Å²) in [5.41, 5.74) is 4.58. The number of rotatable bonds is 4. The van der Waals surface area contributed by atoms with E-state index in [4.69, 9.17) is 0 Å². The molecule has 114 valence electrons. The van der Waals surface area contributed by atoms with Crippen LogP contribution in [-0.2, 0) is 0 Å². The summed E-state index contributed by atoms with van der Waals surface area (Å²) in [7, 11) is 0. The van der Waals surface area contributed by atoms with Crippen molar-refractivity contribution in [1.29, 1.82) is 0 Å². The average Bonchev–Trinajstić information content (AvgIpc) is 3.18. The number of carbonyl (C=O) groups excluding carboxylic acids is 1. The number of hydrazone groups is 1. The molecule has 1 heterocycles. The van der Waals surface area contributed by atoms with Crippen molar-refractivity contribution in [2.75, 3.05) is 0 Å². The van der Waals surface area contributed by atoms with Gasteiger partial charge in [0.05, 0.1) is 5.56 Å². The molecular formula is C17H24N2OS. The van der Waals surface area contributed by atoms with E-state index in [0.29, 0.717) is 11.8 Å². The van der Waals surface area contributed by atoms with Crippen LogP contribution in [0.25, 0.3) is 0 Å². The second kappa shape index (κ2) is 5.91. The standard InChI is InChI=1S/C17H24N2OS/c1-10(2)16-8-14(9-21-16)17(20)19-18-11(3)15-7-12-4-5-13(15)6-12/h8-10,12-13,15H,4-7H2,1-3H3,(H,19,20)/b18-11+. The zero-order chi connectivity index (χ0) is 15.0. The fraction of sp³-hybridized carbons (Fsp3) is 0.647. The van der Waals surface area contributed by atoms with Crippen molar-refractivity contribution in [2.24, 2.45) is 22.9 Å². The van der Waals surface area contributed by atoms with Crippen molar-refractivity contribution in [3.05, 3.63) is 21.9 Å². The van der Waals surface area contributed by atoms with Crippen LogP contribution >= 0.6 is 11.3 Å². The van der Waals surface area contributed by atoms with Gasteiger partial charge in [-0.3, -0.25) is 4.79 Å². The summed E-state index contributed by atoms with van der Waals surface area (Å²) in [6, 6.07) is 1.98. The van der Waals surface area contributed by atoms with Gasteiger partial charge in [0.15, 0.2) is 0 Å². The van der Waals surface area contributed by atoms with E-state index in [2.05, 4.69) is 31.3 Å². The minimum absolute atomic E-state index is 0.0827. The highest BCUT2D eigenvalue weighted by Crippen LogP contribution is 2.48. The Labute approximate surface area is 130 Å². The van der Waals surface area contributed by atoms with Crippen molar-refractivity contribution in [2.45, 2.75) is 52.4 Å². The number of amides is 1. The minimum atomic E-state index is -0.0827. The normalized spacial score (nSPS) is 28.4. The molecule has 0 saturated heterocycles. The Bertz CT molecular complexity index is 561. The first kappa shape index (κ1) is 14.8. The van der Waals surface area contributed by atoms with Crippen LogP contribution in [0.3, 0.4) is 0 Å². The molecule has 21 heavy (non-hydrogen) atoms. The van der Waals surface area contributed by atoms with Crippen molar-refractivity contribution in [3.63, 3.8) is 0 Å². The van der Waals surface area contributed by atoms with Crippen LogP contribution in [0.2, 0.25) is 0 Å². The first-order valence-corrected chi connectivity index (χ1v) is 8.85. The highest BCUT2D eigenvalue weighted by atomic mass is 32.1. The van der Waals surface area contributed by atoms with Crippen molar-refractivity contribution < 1.29 is 4.79 Å². The molecule has 1 N–H and O–H groups in total. The Kier molecular flexibility index (Phi) is 4.16. The SMILES string of the molecule is C/C(=N\NC(=O)c1csc(C(C)C)c1)C1CC2CCC1C2. The van der Waals surface area contributed by atoms with E-state index in [9.17, 15) is 4.79 Å². The Morgan fingerprint density at radius 3 is 2.76 bits per heavy atom. The molecule has 2 aliphatic carbocycles. The molecule has 4 heteroatoms. The number of carbonyl (C=O) groups is 1. The van der Waals surface area contributed by atoms with E-state index in [-0.39, 0.29) is 5.91 Å². The summed E-state index contributed by atoms with van der Waals surface area (Å²) in [5, 5.41) is 6.30. The van der Waals surface area contributed by atoms with Crippen LogP contribution in [0.5, 0.6) is 0 Å². The summed E-state index contributed by atoms with van der Waals surface area (Å²) in [6.07, 6.45) is 5.38. The summed E-state index contributed by atoms with van der Waals surface area (Å²) in [6.45, 7) is 6.36. The van der Waals surface area contributed by atoms with Crippen LogP contribution in [0.1, 0.15) is 67.6 Å². The lowest BCUT2D eigenvalue weighted by atomic mass is 9.86. The van der Waals surface area contributed by atoms with Gasteiger partial charge in [0.25, 0.3) is 5.91 Å². The van der Waals surface area contributed by atoms with Gasteiger partial charge in [-0.05, 0) is 50.0 Å². The molecule has 2 bridgehead atoms. The molecule has 0 aliphatic heterocycles. The molecule has 0 aromatic carbocycles. The van der Waals surface area contributed by atoms with Crippen LogP contribution < -0.4 is 5.43 Å². The number of nitrogens with zero attached hydrogens (tertiary/aromatic N) is 1. The monoisotopic (exact) mass is 304 g/mol. The summed E-state index contributed by atoms with van der Waals surface area (Å²) >= 11 is 1.65. The minimum Gasteiger partial charge on any atom is -0.267 e. The zero-order valence-corrected chi connectivity index (χ0v) is 13.9. The fourth-order valence-electron chi connectivity index (χ4n) is 3.82. The van der Waals surface area contributed by atoms with Crippen molar-refractivity contribution in [1.82, 2.24) is 5.43 Å². The van der Waals surface area contributed by atoms with Gasteiger partial charge in [0.1, 0.15) is 0 Å². The maximum atomic E-state index is 12.1. The van der Waals surface area contributed by atoms with E-state index in [1.807, 2.05) is 11.4 Å². The van der Waals surface area contributed by atoms with E-state index in [1.165, 1.54) is 30.6 Å². The Hall–Kier alpha value is -1.16. The van der Waals surface area contributed by atoms with Gasteiger partial charge >= 0.3 is 0 Å². The number of hydrogen-bond acceptors (Lipinski definition) is 3. The number of nitrogens with one attached hydrogen (secondary N) is 1. The molecule has 2 saturated carbocycles. The Balaban J connectivity index is 1.60. The highest BCUT2D eigenvalue weighted by Gasteiger charge is 2.40. The van der Waals surface area contributed by atoms with E-state index < -0.39 is 0 Å². The fourth-order valence-corrected chi connectivity index (χ4v) is 4.72. The van der Waals surface area contributed by atoms with Gasteiger partial charge in [-0.25, -0.2) is 5.43 Å². The second-order valence-corrected chi connectivity index (χ2v) is 7.81. The van der Waals surface area contributed by atoms with Crippen LogP contribution in [0, 0.1) is 17.8 Å². The molecule has 0 radical (unpaired) electrons. The summed E-state index contributed by atoms with van der Waals surface area (Å²) in [5.74, 6) is 2.70. The third-order valence-corrected chi connectivity index (χ3v) is 6.29. The summed E-state index contributed by atoms with van der Waals surface area (Å²) in [4.78, 5) is 13.4. The summed E-state index contributed by atoms with van der Waals surface area (Å²) < 4.78 is 0. The molecule has 1 aromatic rings. The topological polar surface area (TPSA) is 41.5 Å². The van der Waals surface area contributed by atoms with Crippen LogP contribution in [0.4, 0.5) is 0 Å². The molecular weight excluding hydrogens is 280 g/mol. The molecule has 2 aliphatic rings. The average molecular weight is 304 g/mol. The molecule has 3 atom stereocenters. The van der Waals surface area contributed by atoms with Crippen molar-refractivity contribution >= 4 is 23.0 Å². The molecule has 0 spiro atoms.